The molecule has 3 rings (SSSR count). The Kier molecular flexibility index (Phi) is 6.16. The molecule has 0 bridgehead atoms. The molecule has 1 aliphatic heterocycles. The fourth-order valence-electron chi connectivity index (χ4n) is 2.32. The number of thioether (sulfide) groups is 1. The summed E-state index contributed by atoms with van der Waals surface area (Å²) in [6.07, 6.45) is 1.74. The zero-order valence-corrected chi connectivity index (χ0v) is 16.6. The zero-order chi connectivity index (χ0) is 19.2. The van der Waals surface area contributed by atoms with Crippen molar-refractivity contribution in [1.29, 1.82) is 5.26 Å². The molecule has 27 heavy (non-hydrogen) atoms. The first kappa shape index (κ1) is 19.0. The van der Waals surface area contributed by atoms with Crippen LogP contribution in [-0.2, 0) is 4.79 Å². The molecular formula is C19H14BrN3O3S. The van der Waals surface area contributed by atoms with Crippen LogP contribution in [-0.4, -0.2) is 24.8 Å². The number of nitrogens with one attached hydrogen (secondary N) is 1. The summed E-state index contributed by atoms with van der Waals surface area (Å²) >= 11 is 4.68. The van der Waals surface area contributed by atoms with Crippen LogP contribution in [0.3, 0.4) is 0 Å². The maximum atomic E-state index is 12.2. The van der Waals surface area contributed by atoms with Crippen LogP contribution >= 0.6 is 27.7 Å². The molecule has 136 valence electrons. The third-order valence-corrected chi connectivity index (χ3v) is 4.97. The summed E-state index contributed by atoms with van der Waals surface area (Å²) in [5.74, 6) is 0.693. The van der Waals surface area contributed by atoms with Gasteiger partial charge in [0.2, 0.25) is 0 Å². The number of hydrogen-bond acceptors (Lipinski definition) is 6. The van der Waals surface area contributed by atoms with Gasteiger partial charge in [0.25, 0.3) is 5.91 Å². The second-order valence-corrected chi connectivity index (χ2v) is 7.18. The summed E-state index contributed by atoms with van der Waals surface area (Å²) in [5.41, 5.74) is 1.52. The van der Waals surface area contributed by atoms with E-state index in [2.05, 4.69) is 26.2 Å². The molecular weight excluding hydrogens is 430 g/mol. The first-order valence-corrected chi connectivity index (χ1v) is 9.43. The number of nitrogens with zero attached hydrogens (tertiary/aromatic N) is 2. The van der Waals surface area contributed by atoms with Crippen LogP contribution in [0.1, 0.15) is 5.56 Å². The van der Waals surface area contributed by atoms with E-state index in [1.165, 1.54) is 18.9 Å². The lowest BCUT2D eigenvalue weighted by Crippen LogP contribution is -2.19. The molecule has 2 aromatic rings. The zero-order valence-electron chi connectivity index (χ0n) is 14.2. The second kappa shape index (κ2) is 8.75. The van der Waals surface area contributed by atoms with Crippen molar-refractivity contribution >= 4 is 50.5 Å². The highest BCUT2D eigenvalue weighted by Crippen LogP contribution is 2.38. The number of amides is 1. The molecule has 0 aromatic heterocycles. The lowest BCUT2D eigenvalue weighted by Gasteiger charge is -2.11. The van der Waals surface area contributed by atoms with Gasteiger partial charge in [0.15, 0.2) is 23.3 Å². The van der Waals surface area contributed by atoms with Gasteiger partial charge in [0, 0.05) is 0 Å². The third-order valence-electron chi connectivity index (χ3n) is 3.47. The smallest absolute Gasteiger partial charge is 0.264 e. The number of amidine groups is 1. The van der Waals surface area contributed by atoms with Gasteiger partial charge in [-0.15, -0.1) is 0 Å². The summed E-state index contributed by atoms with van der Waals surface area (Å²) in [6, 6.07) is 14.9. The summed E-state index contributed by atoms with van der Waals surface area (Å²) in [4.78, 5) is 17.2. The van der Waals surface area contributed by atoms with Crippen molar-refractivity contribution in [2.45, 2.75) is 0 Å². The molecule has 1 saturated heterocycles. The van der Waals surface area contributed by atoms with E-state index in [0.717, 1.165) is 11.3 Å². The molecule has 1 N–H and O–H groups in total. The summed E-state index contributed by atoms with van der Waals surface area (Å²) in [6.45, 7) is -0.0903. The molecule has 0 aliphatic carbocycles. The van der Waals surface area contributed by atoms with E-state index in [-0.39, 0.29) is 12.5 Å². The summed E-state index contributed by atoms with van der Waals surface area (Å²) in [5, 5.41) is 12.0. The minimum Gasteiger partial charge on any atom is -0.493 e. The lowest BCUT2D eigenvalue weighted by molar-refractivity contribution is -0.115. The van der Waals surface area contributed by atoms with Crippen LogP contribution in [0.15, 0.2) is 56.8 Å². The minimum atomic E-state index is -0.213. The van der Waals surface area contributed by atoms with E-state index in [1.54, 1.807) is 18.2 Å². The molecule has 0 saturated carbocycles. The first-order chi connectivity index (χ1) is 13.1. The molecule has 0 radical (unpaired) electrons. The molecule has 1 fully saturated rings. The second-order valence-electron chi connectivity index (χ2n) is 5.30. The molecule has 8 heteroatoms. The summed E-state index contributed by atoms with van der Waals surface area (Å²) in [7, 11) is 1.51. The standard InChI is InChI=1S/C19H14BrN3O3S/c1-25-15-10-12(9-14(20)17(15)26-8-7-21)11-16-18(24)23-19(27-16)22-13-5-3-2-4-6-13/h2-6,9-11H,8H2,1H3,(H,22,23,24). The van der Waals surface area contributed by atoms with Crippen molar-refractivity contribution in [3.8, 4) is 17.6 Å². The Balaban J connectivity index is 1.86. The number of para-hydroxylation sites is 1. The number of carbonyl (C=O) groups excluding carboxylic acids is 1. The first-order valence-electron chi connectivity index (χ1n) is 7.82. The fraction of sp³-hybridized carbons (Fsp3) is 0.105. The van der Waals surface area contributed by atoms with Gasteiger partial charge in [0.1, 0.15) is 6.07 Å². The SMILES string of the molecule is COc1cc(C=C2SC(=Nc3ccccc3)NC2=O)cc(Br)c1OCC#N. The van der Waals surface area contributed by atoms with E-state index in [0.29, 0.717) is 26.0 Å². The Bertz CT molecular complexity index is 968. The molecule has 0 unspecified atom stereocenters. The Morgan fingerprint density at radius 2 is 2.11 bits per heavy atom. The maximum absolute atomic E-state index is 12.2. The number of rotatable bonds is 5. The third kappa shape index (κ3) is 4.70. The van der Waals surface area contributed by atoms with Gasteiger partial charge in [-0.05, 0) is 63.6 Å². The number of carbonyl (C=O) groups is 1. The number of hydrogen-bond donors (Lipinski definition) is 1. The van der Waals surface area contributed by atoms with E-state index in [1.807, 2.05) is 36.4 Å². The monoisotopic (exact) mass is 443 g/mol. The number of aliphatic imine (C=N–C) groups is 1. The summed E-state index contributed by atoms with van der Waals surface area (Å²) < 4.78 is 11.3. The van der Waals surface area contributed by atoms with Crippen molar-refractivity contribution in [2.24, 2.45) is 4.99 Å². The van der Waals surface area contributed by atoms with Crippen LogP contribution in [0, 0.1) is 11.3 Å². The van der Waals surface area contributed by atoms with Crippen molar-refractivity contribution in [3.05, 3.63) is 57.4 Å². The average Bonchev–Trinajstić information content (AvgIpc) is 3.00. The van der Waals surface area contributed by atoms with Gasteiger partial charge in [-0.2, -0.15) is 5.26 Å². The van der Waals surface area contributed by atoms with Gasteiger partial charge in [-0.1, -0.05) is 18.2 Å². The average molecular weight is 444 g/mol. The van der Waals surface area contributed by atoms with Crippen LogP contribution in [0.5, 0.6) is 11.5 Å². The van der Waals surface area contributed by atoms with Gasteiger partial charge < -0.3 is 14.8 Å². The van der Waals surface area contributed by atoms with Crippen LogP contribution in [0.2, 0.25) is 0 Å². The van der Waals surface area contributed by atoms with Crippen LogP contribution in [0.4, 0.5) is 5.69 Å². The lowest BCUT2D eigenvalue weighted by atomic mass is 10.2. The predicted octanol–water partition coefficient (Wildman–Crippen LogP) is 4.25. The number of ether oxygens (including phenoxy) is 2. The van der Waals surface area contributed by atoms with Gasteiger partial charge in [0.05, 0.1) is 22.2 Å². The number of halogens is 1. The molecule has 0 atom stereocenters. The molecule has 6 nitrogen and oxygen atoms in total. The predicted molar refractivity (Wildman–Crippen MR) is 109 cm³/mol. The largest absolute Gasteiger partial charge is 0.493 e. The highest BCUT2D eigenvalue weighted by Gasteiger charge is 2.24. The topological polar surface area (TPSA) is 83.7 Å². The van der Waals surface area contributed by atoms with E-state index in [9.17, 15) is 4.79 Å². The molecule has 1 heterocycles. The number of nitriles is 1. The molecule has 0 spiro atoms. The Hall–Kier alpha value is -2.76. The maximum Gasteiger partial charge on any atom is 0.264 e. The van der Waals surface area contributed by atoms with E-state index in [4.69, 9.17) is 14.7 Å². The fourth-order valence-corrected chi connectivity index (χ4v) is 3.74. The molecule has 1 amide bonds. The minimum absolute atomic E-state index is 0.0903. The van der Waals surface area contributed by atoms with E-state index < -0.39 is 0 Å². The highest BCUT2D eigenvalue weighted by molar-refractivity contribution is 9.10. The van der Waals surface area contributed by atoms with Gasteiger partial charge in [-0.3, -0.25) is 4.79 Å². The van der Waals surface area contributed by atoms with Crippen LogP contribution in [0.25, 0.3) is 6.08 Å². The molecule has 1 aliphatic rings. The van der Waals surface area contributed by atoms with Crippen molar-refractivity contribution in [2.75, 3.05) is 13.7 Å². The highest BCUT2D eigenvalue weighted by atomic mass is 79.9. The van der Waals surface area contributed by atoms with Gasteiger partial charge >= 0.3 is 0 Å². The normalized spacial score (nSPS) is 16.3. The quantitative estimate of drug-likeness (QED) is 0.698. The van der Waals surface area contributed by atoms with E-state index >= 15 is 0 Å². The van der Waals surface area contributed by atoms with Crippen molar-refractivity contribution < 1.29 is 14.3 Å². The number of benzene rings is 2. The number of methoxy groups -OCH3 is 1. The van der Waals surface area contributed by atoms with Crippen LogP contribution < -0.4 is 14.8 Å². The van der Waals surface area contributed by atoms with Gasteiger partial charge in [-0.25, -0.2) is 4.99 Å². The Morgan fingerprint density at radius 3 is 2.81 bits per heavy atom. The molecule has 2 aromatic carbocycles. The Morgan fingerprint density at radius 1 is 1.33 bits per heavy atom. The Labute approximate surface area is 169 Å². The van der Waals surface area contributed by atoms with Crippen molar-refractivity contribution in [1.82, 2.24) is 5.32 Å². The van der Waals surface area contributed by atoms with Crippen molar-refractivity contribution in [3.63, 3.8) is 0 Å².